The SMILES string of the molecule is Cc1ccc(C)c(C(C)NC2CCN(C(C)C)CC2)c1. The van der Waals surface area contributed by atoms with E-state index >= 15 is 0 Å². The van der Waals surface area contributed by atoms with Crippen molar-refractivity contribution in [2.24, 2.45) is 0 Å². The maximum atomic E-state index is 3.84. The zero-order chi connectivity index (χ0) is 14.7. The maximum absolute atomic E-state index is 3.84. The van der Waals surface area contributed by atoms with Crippen molar-refractivity contribution in [2.75, 3.05) is 13.1 Å². The number of likely N-dealkylation sites (tertiary alicyclic amines) is 1. The smallest absolute Gasteiger partial charge is 0.0297 e. The lowest BCUT2D eigenvalue weighted by atomic mass is 9.97. The lowest BCUT2D eigenvalue weighted by Crippen LogP contribution is -2.45. The Bertz CT molecular complexity index is 431. The number of benzene rings is 1. The lowest BCUT2D eigenvalue weighted by Gasteiger charge is -2.36. The standard InChI is InChI=1S/C18H30N2/c1-13(2)20-10-8-17(9-11-20)19-16(5)18-12-14(3)6-7-15(18)4/h6-7,12-13,16-17,19H,8-11H2,1-5H3. The van der Waals surface area contributed by atoms with Crippen LogP contribution in [0.3, 0.4) is 0 Å². The summed E-state index contributed by atoms with van der Waals surface area (Å²) in [6, 6.07) is 8.57. The van der Waals surface area contributed by atoms with Crippen LogP contribution in [0, 0.1) is 13.8 Å². The third-order valence-electron chi connectivity index (χ3n) is 4.65. The van der Waals surface area contributed by atoms with Crippen LogP contribution in [0.5, 0.6) is 0 Å². The molecule has 0 radical (unpaired) electrons. The zero-order valence-corrected chi connectivity index (χ0v) is 13.7. The molecule has 1 fully saturated rings. The summed E-state index contributed by atoms with van der Waals surface area (Å²) >= 11 is 0. The van der Waals surface area contributed by atoms with Gasteiger partial charge in [-0.2, -0.15) is 0 Å². The van der Waals surface area contributed by atoms with Gasteiger partial charge in [0.05, 0.1) is 0 Å². The maximum Gasteiger partial charge on any atom is 0.0297 e. The first-order valence-electron chi connectivity index (χ1n) is 8.04. The molecule has 112 valence electrons. The van der Waals surface area contributed by atoms with Gasteiger partial charge in [-0.25, -0.2) is 0 Å². The molecule has 1 atom stereocenters. The molecule has 1 aliphatic heterocycles. The van der Waals surface area contributed by atoms with Gasteiger partial charge < -0.3 is 10.2 Å². The Hall–Kier alpha value is -0.860. The fraction of sp³-hybridized carbons (Fsp3) is 0.667. The molecule has 0 aromatic heterocycles. The number of piperidine rings is 1. The second kappa shape index (κ2) is 6.73. The van der Waals surface area contributed by atoms with Crippen LogP contribution in [0.25, 0.3) is 0 Å². The van der Waals surface area contributed by atoms with E-state index in [4.69, 9.17) is 0 Å². The number of nitrogens with one attached hydrogen (secondary N) is 1. The van der Waals surface area contributed by atoms with Gasteiger partial charge in [-0.05, 0) is 71.7 Å². The Balaban J connectivity index is 1.92. The quantitative estimate of drug-likeness (QED) is 0.897. The topological polar surface area (TPSA) is 15.3 Å². The molecular weight excluding hydrogens is 244 g/mol. The highest BCUT2D eigenvalue weighted by molar-refractivity contribution is 5.32. The summed E-state index contributed by atoms with van der Waals surface area (Å²) in [5.74, 6) is 0. The van der Waals surface area contributed by atoms with Crippen LogP contribution < -0.4 is 5.32 Å². The van der Waals surface area contributed by atoms with E-state index in [1.165, 1.54) is 42.6 Å². The normalized spacial score (nSPS) is 19.5. The van der Waals surface area contributed by atoms with Gasteiger partial charge in [0, 0.05) is 18.1 Å². The largest absolute Gasteiger partial charge is 0.307 e. The Morgan fingerprint density at radius 3 is 2.35 bits per heavy atom. The lowest BCUT2D eigenvalue weighted by molar-refractivity contribution is 0.157. The van der Waals surface area contributed by atoms with Gasteiger partial charge in [-0.3, -0.25) is 0 Å². The van der Waals surface area contributed by atoms with Gasteiger partial charge in [0.25, 0.3) is 0 Å². The molecule has 1 aromatic rings. The van der Waals surface area contributed by atoms with E-state index in [2.05, 4.69) is 63.0 Å². The molecule has 0 amide bonds. The van der Waals surface area contributed by atoms with Gasteiger partial charge in [0.2, 0.25) is 0 Å². The minimum absolute atomic E-state index is 0.450. The highest BCUT2D eigenvalue weighted by atomic mass is 15.2. The van der Waals surface area contributed by atoms with E-state index in [1.54, 1.807) is 0 Å². The molecular formula is C18H30N2. The predicted octanol–water partition coefficient (Wildman–Crippen LogP) is 3.83. The van der Waals surface area contributed by atoms with Crippen LogP contribution in [-0.2, 0) is 0 Å². The Labute approximate surface area is 124 Å². The molecule has 0 spiro atoms. The zero-order valence-electron chi connectivity index (χ0n) is 13.7. The number of hydrogen-bond acceptors (Lipinski definition) is 2. The first-order chi connectivity index (χ1) is 9.47. The number of rotatable bonds is 4. The minimum atomic E-state index is 0.450. The summed E-state index contributed by atoms with van der Waals surface area (Å²) < 4.78 is 0. The van der Waals surface area contributed by atoms with Crippen LogP contribution in [-0.4, -0.2) is 30.1 Å². The van der Waals surface area contributed by atoms with Crippen molar-refractivity contribution < 1.29 is 0 Å². The molecule has 2 heteroatoms. The monoisotopic (exact) mass is 274 g/mol. The molecule has 1 unspecified atom stereocenters. The molecule has 1 heterocycles. The van der Waals surface area contributed by atoms with Gasteiger partial charge in [-0.1, -0.05) is 23.8 Å². The van der Waals surface area contributed by atoms with Gasteiger partial charge in [0.1, 0.15) is 0 Å². The molecule has 20 heavy (non-hydrogen) atoms. The van der Waals surface area contributed by atoms with Crippen LogP contribution in [0.4, 0.5) is 0 Å². The average molecular weight is 274 g/mol. The summed E-state index contributed by atoms with van der Waals surface area (Å²) in [6.45, 7) is 13.8. The fourth-order valence-corrected chi connectivity index (χ4v) is 3.25. The summed E-state index contributed by atoms with van der Waals surface area (Å²) in [5.41, 5.74) is 4.21. The van der Waals surface area contributed by atoms with E-state index in [9.17, 15) is 0 Å². The van der Waals surface area contributed by atoms with Crippen molar-refractivity contribution in [2.45, 2.75) is 65.6 Å². The molecule has 2 rings (SSSR count). The van der Waals surface area contributed by atoms with E-state index in [1.807, 2.05) is 0 Å². The summed E-state index contributed by atoms with van der Waals surface area (Å²) in [6.07, 6.45) is 2.54. The molecule has 1 N–H and O–H groups in total. The van der Waals surface area contributed by atoms with Crippen molar-refractivity contribution in [3.05, 3.63) is 34.9 Å². The van der Waals surface area contributed by atoms with Crippen LogP contribution in [0.2, 0.25) is 0 Å². The Morgan fingerprint density at radius 2 is 1.75 bits per heavy atom. The van der Waals surface area contributed by atoms with E-state index in [0.717, 1.165) is 0 Å². The summed E-state index contributed by atoms with van der Waals surface area (Å²) in [4.78, 5) is 2.58. The molecule has 1 aromatic carbocycles. The number of nitrogens with zero attached hydrogens (tertiary/aromatic N) is 1. The second-order valence-corrected chi connectivity index (χ2v) is 6.65. The molecule has 2 nitrogen and oxygen atoms in total. The predicted molar refractivity (Wildman–Crippen MR) is 87.2 cm³/mol. The first kappa shape index (κ1) is 15.5. The van der Waals surface area contributed by atoms with Crippen LogP contribution in [0.15, 0.2) is 18.2 Å². The highest BCUT2D eigenvalue weighted by Gasteiger charge is 2.22. The minimum Gasteiger partial charge on any atom is -0.307 e. The van der Waals surface area contributed by atoms with E-state index in [-0.39, 0.29) is 0 Å². The molecule has 0 saturated carbocycles. The van der Waals surface area contributed by atoms with Gasteiger partial charge in [0.15, 0.2) is 0 Å². The molecule has 0 aliphatic carbocycles. The fourth-order valence-electron chi connectivity index (χ4n) is 3.25. The molecule has 0 bridgehead atoms. The van der Waals surface area contributed by atoms with Crippen molar-refractivity contribution in [3.63, 3.8) is 0 Å². The first-order valence-corrected chi connectivity index (χ1v) is 8.04. The molecule has 1 saturated heterocycles. The van der Waals surface area contributed by atoms with Crippen LogP contribution in [0.1, 0.15) is 56.3 Å². The highest BCUT2D eigenvalue weighted by Crippen LogP contribution is 2.22. The van der Waals surface area contributed by atoms with Crippen molar-refractivity contribution >= 4 is 0 Å². The number of hydrogen-bond donors (Lipinski definition) is 1. The molecule has 1 aliphatic rings. The van der Waals surface area contributed by atoms with Crippen LogP contribution >= 0.6 is 0 Å². The third kappa shape index (κ3) is 3.83. The van der Waals surface area contributed by atoms with E-state index in [0.29, 0.717) is 18.1 Å². The Morgan fingerprint density at radius 1 is 1.10 bits per heavy atom. The van der Waals surface area contributed by atoms with Crippen molar-refractivity contribution in [3.8, 4) is 0 Å². The van der Waals surface area contributed by atoms with Gasteiger partial charge >= 0.3 is 0 Å². The van der Waals surface area contributed by atoms with Crippen molar-refractivity contribution in [1.29, 1.82) is 0 Å². The van der Waals surface area contributed by atoms with Crippen molar-refractivity contribution in [1.82, 2.24) is 10.2 Å². The average Bonchev–Trinajstić information content (AvgIpc) is 2.42. The van der Waals surface area contributed by atoms with Gasteiger partial charge in [-0.15, -0.1) is 0 Å². The number of aryl methyl sites for hydroxylation is 2. The summed E-state index contributed by atoms with van der Waals surface area (Å²) in [5, 5.41) is 3.84. The Kier molecular flexibility index (Phi) is 5.22. The third-order valence-corrected chi connectivity index (χ3v) is 4.65. The summed E-state index contributed by atoms with van der Waals surface area (Å²) in [7, 11) is 0. The van der Waals surface area contributed by atoms with E-state index < -0.39 is 0 Å². The second-order valence-electron chi connectivity index (χ2n) is 6.65.